The molecule has 0 amide bonds. The number of carbonyl (C=O) groups is 3. The summed E-state index contributed by atoms with van der Waals surface area (Å²) in [6.07, 6.45) is 3.69. The molecule has 0 atom stereocenters. The third kappa shape index (κ3) is 15.9. The number of hydrazone groups is 4. The molecule has 12 heterocycles. The van der Waals surface area contributed by atoms with Crippen molar-refractivity contribution in [3.63, 3.8) is 0 Å². The molecule has 4 aliphatic heterocycles. The number of esters is 2. The fourth-order valence-corrected chi connectivity index (χ4v) is 18.3. The molecule has 8 aromatic heterocycles. The Kier molecular flexibility index (Phi) is 22.8. The number of ether oxygens (including phenoxy) is 2. The monoisotopic (exact) mass is 1640 g/mol. The van der Waals surface area contributed by atoms with Crippen molar-refractivity contribution < 1.29 is 23.9 Å². The van der Waals surface area contributed by atoms with E-state index >= 15 is 0 Å². The van der Waals surface area contributed by atoms with Crippen LogP contribution in [0, 0.1) is 83.1 Å². The van der Waals surface area contributed by atoms with Gasteiger partial charge in [-0.25, -0.2) is 30.0 Å². The largest absolute Gasteiger partial charge is 0.465 e. The Balaban J connectivity index is 0.000000130. The van der Waals surface area contributed by atoms with Crippen molar-refractivity contribution in [3.8, 4) is 20.0 Å². The molecule has 16 rings (SSSR count). The number of benzene rings is 4. The molecular formula is C80H80Cl4N18O5S4. The summed E-state index contributed by atoms with van der Waals surface area (Å²) < 4.78 is 18.9. The number of ketones is 1. The van der Waals surface area contributed by atoms with Crippen LogP contribution < -0.4 is 20.0 Å². The third-order valence-corrected chi connectivity index (χ3v) is 24.5. The third-order valence-electron chi connectivity index (χ3n) is 18.7. The molecule has 4 aromatic carbocycles. The van der Waals surface area contributed by atoms with E-state index in [-0.39, 0.29) is 37.4 Å². The molecule has 572 valence electrons. The standard InChI is InChI=1S/C23H25ClN4O2S.C20H20ClN5O2S.C19H18ClN5OS.C18H17ClN4S/c1-13-11-25-22-27(12-18(29)30-23(4,5)6)26-20(16-7-9-17(24)10-8-16)19-14(2)15(3)31-21(19)28(13)22;1-5-28-16(27)10-25-20-23-22-13(4)26(20)19-17(11(2)12(3)29-19)18(24-25)14-6-8-15(21)9-7-14;1-10(26)9-24-19-22-21-13(4)25(19)18-16(11(2)12(3)27-18)17(23-24)14-5-7-15(20)8-6-14;1-10-9-20-18-22(4)21-16(13-5-7-14(19)8-6-13)15-11(2)12(3)24-17(15)23(10)18/h7-11H,12H2,1-6H3;6-9H,5,10H2,1-4H3;5-8H,9H2,1-4H3;5-9H,1-4H3. The molecule has 0 saturated heterocycles. The number of aryl methyl sites for hydroxylation is 8. The SMILES string of the molecule is CC(=O)CN1N=C(c2ccc(Cl)cc2)c2c(sc(C)c2C)-n2c(C)nnc21.CCOC(=O)CN1N=C(c2ccc(Cl)cc2)c2c(sc(C)c2C)-n2c(C)nnc21.Cc1sc2c(c1C)C(c1ccc(Cl)cc1)=NN(C)c1ncc(C)n1-2.Cc1sc2c(c1C)C(c1ccc(Cl)cc1)=NN(CC(=O)OC(C)(C)C)c1ncc(C)n1-2. The number of fused-ring (bicyclic) bond motifs is 12. The van der Waals surface area contributed by atoms with Crippen LogP contribution in [0.15, 0.2) is 130 Å². The number of halogens is 4. The van der Waals surface area contributed by atoms with Gasteiger partial charge in [-0.15, -0.1) is 65.7 Å². The Morgan fingerprint density at radius 3 is 1.05 bits per heavy atom. The van der Waals surface area contributed by atoms with Crippen molar-refractivity contribution in [2.24, 2.45) is 20.4 Å². The van der Waals surface area contributed by atoms with Crippen LogP contribution in [0.1, 0.15) is 144 Å². The average molecular weight is 1640 g/mol. The average Bonchev–Trinajstić information content (AvgIpc) is 1.62. The molecule has 0 N–H and O–H groups in total. The van der Waals surface area contributed by atoms with Gasteiger partial charge in [0.15, 0.2) is 5.78 Å². The van der Waals surface area contributed by atoms with Gasteiger partial charge in [0.05, 0.1) is 19.0 Å². The van der Waals surface area contributed by atoms with E-state index in [2.05, 4.69) is 102 Å². The zero-order chi connectivity index (χ0) is 79.5. The highest BCUT2D eigenvalue weighted by atomic mass is 35.5. The van der Waals surface area contributed by atoms with Crippen LogP contribution >= 0.6 is 91.8 Å². The van der Waals surface area contributed by atoms with Crippen molar-refractivity contribution in [1.82, 2.24) is 48.6 Å². The van der Waals surface area contributed by atoms with Crippen LogP contribution in [-0.2, 0) is 23.9 Å². The summed E-state index contributed by atoms with van der Waals surface area (Å²) in [7, 11) is 1.94. The highest BCUT2D eigenvalue weighted by molar-refractivity contribution is 7.16. The minimum atomic E-state index is -0.580. The van der Waals surface area contributed by atoms with Gasteiger partial charge in [-0.3, -0.25) is 32.7 Å². The second kappa shape index (κ2) is 32.0. The van der Waals surface area contributed by atoms with E-state index in [1.54, 1.807) is 80.4 Å². The molecular weight excluding hydrogens is 1560 g/mol. The van der Waals surface area contributed by atoms with Crippen LogP contribution in [0.25, 0.3) is 20.0 Å². The van der Waals surface area contributed by atoms with Gasteiger partial charge in [-0.05, 0) is 188 Å². The minimum absolute atomic E-state index is 0.000402. The maximum absolute atomic E-state index is 12.7. The van der Waals surface area contributed by atoms with Crippen molar-refractivity contribution in [2.75, 3.05) is 53.3 Å². The lowest BCUT2D eigenvalue weighted by Crippen LogP contribution is -2.33. The molecule has 0 aliphatic carbocycles. The second-order valence-corrected chi connectivity index (χ2v) is 34.4. The van der Waals surface area contributed by atoms with Crippen LogP contribution in [0.5, 0.6) is 0 Å². The first kappa shape index (κ1) is 79.1. The number of thiophene rings is 4. The number of hydrogen-bond acceptors (Lipinski definition) is 23. The Labute approximate surface area is 679 Å². The molecule has 4 aliphatic rings. The van der Waals surface area contributed by atoms with Crippen molar-refractivity contribution in [3.05, 3.63) is 239 Å². The maximum Gasteiger partial charge on any atom is 0.328 e. The van der Waals surface area contributed by atoms with E-state index in [1.807, 2.05) is 166 Å². The fourth-order valence-electron chi connectivity index (χ4n) is 12.9. The lowest BCUT2D eigenvalue weighted by molar-refractivity contribution is -0.153. The summed E-state index contributed by atoms with van der Waals surface area (Å²) in [5.41, 5.74) is 17.6. The topological polar surface area (TPSA) is 229 Å². The van der Waals surface area contributed by atoms with Crippen molar-refractivity contribution in [2.45, 2.75) is 123 Å². The molecule has 31 heteroatoms. The Bertz CT molecular complexity index is 5750. The predicted octanol–water partition coefficient (Wildman–Crippen LogP) is 18.3. The Morgan fingerprint density at radius 2 is 0.712 bits per heavy atom. The van der Waals surface area contributed by atoms with E-state index in [9.17, 15) is 14.4 Å². The van der Waals surface area contributed by atoms with Crippen LogP contribution in [0.2, 0.25) is 20.1 Å². The van der Waals surface area contributed by atoms with Crippen molar-refractivity contribution >= 4 is 156 Å². The molecule has 0 radical (unpaired) electrons. The first-order chi connectivity index (χ1) is 52.8. The van der Waals surface area contributed by atoms with Crippen molar-refractivity contribution in [1.29, 1.82) is 0 Å². The van der Waals surface area contributed by atoms with Gasteiger partial charge in [0, 0.05) is 103 Å². The number of hydrogen-bond donors (Lipinski definition) is 0. The Morgan fingerprint density at radius 1 is 0.405 bits per heavy atom. The highest BCUT2D eigenvalue weighted by Crippen LogP contribution is 2.44. The number of rotatable bonds is 11. The maximum atomic E-state index is 12.7. The minimum Gasteiger partial charge on any atom is -0.465 e. The molecule has 0 spiro atoms. The quantitative estimate of drug-likeness (QED) is 0.110. The molecule has 0 unspecified atom stereocenters. The van der Waals surface area contributed by atoms with E-state index in [0.29, 0.717) is 39.5 Å². The molecule has 0 fully saturated rings. The van der Waals surface area contributed by atoms with E-state index in [1.165, 1.54) is 35.6 Å². The lowest BCUT2D eigenvalue weighted by Gasteiger charge is -2.23. The summed E-state index contributed by atoms with van der Waals surface area (Å²) in [5.74, 6) is 3.20. The Hall–Kier alpha value is -9.97. The van der Waals surface area contributed by atoms with Gasteiger partial charge in [0.2, 0.25) is 11.9 Å². The first-order valence-corrected chi connectivity index (χ1v) is 40.2. The lowest BCUT2D eigenvalue weighted by atomic mass is 10.00. The summed E-state index contributed by atoms with van der Waals surface area (Å²) in [4.78, 5) is 50.9. The number of aromatic nitrogens is 10. The molecule has 23 nitrogen and oxygen atoms in total. The van der Waals surface area contributed by atoms with E-state index in [4.69, 9.17) is 76.3 Å². The number of nitrogens with zero attached hydrogens (tertiary/aromatic N) is 18. The first-order valence-electron chi connectivity index (χ1n) is 35.5. The van der Waals surface area contributed by atoms with E-state index < -0.39 is 5.60 Å². The van der Waals surface area contributed by atoms with Crippen LogP contribution in [0.3, 0.4) is 0 Å². The van der Waals surface area contributed by atoms with Gasteiger partial charge in [0.25, 0.3) is 11.9 Å². The highest BCUT2D eigenvalue weighted by Gasteiger charge is 2.36. The van der Waals surface area contributed by atoms with Gasteiger partial charge in [0.1, 0.15) is 79.7 Å². The molecule has 111 heavy (non-hydrogen) atoms. The normalized spacial score (nSPS) is 13.2. The van der Waals surface area contributed by atoms with Gasteiger partial charge in [-0.1, -0.05) is 94.9 Å². The molecule has 0 saturated carbocycles. The smallest absolute Gasteiger partial charge is 0.328 e. The number of anilines is 4. The zero-order valence-corrected chi connectivity index (χ0v) is 70.7. The second-order valence-electron chi connectivity index (χ2n) is 27.8. The predicted molar refractivity (Wildman–Crippen MR) is 450 cm³/mol. The van der Waals surface area contributed by atoms with Crippen LogP contribution in [0.4, 0.5) is 23.8 Å². The number of imidazole rings is 2. The van der Waals surface area contributed by atoms with Gasteiger partial charge >= 0.3 is 11.9 Å². The summed E-state index contributed by atoms with van der Waals surface area (Å²) in [5, 5.41) is 50.2. The fraction of sp³-hybridized carbons (Fsp3) is 0.287. The summed E-state index contributed by atoms with van der Waals surface area (Å²) in [6.45, 7) is 34.0. The van der Waals surface area contributed by atoms with Crippen LogP contribution in [-0.4, -0.2) is 128 Å². The van der Waals surface area contributed by atoms with E-state index in [0.717, 1.165) is 127 Å². The van der Waals surface area contributed by atoms with Gasteiger partial charge in [-0.2, -0.15) is 20.4 Å². The zero-order valence-electron chi connectivity index (χ0n) is 64.5. The summed E-state index contributed by atoms with van der Waals surface area (Å²) >= 11 is 31.2. The number of carbonyl (C=O) groups excluding carboxylic acids is 3. The van der Waals surface area contributed by atoms with Gasteiger partial charge < -0.3 is 9.47 Å². The molecule has 0 bridgehead atoms. The molecule has 12 aromatic rings. The number of Topliss-reactive ketones (excluding diaryl/α,β-unsaturated/α-hetero) is 1. The summed E-state index contributed by atoms with van der Waals surface area (Å²) in [6, 6.07) is 30.6.